The molecule has 2 heterocycles. The fourth-order valence-corrected chi connectivity index (χ4v) is 3.45. The Kier molecular flexibility index (Phi) is 7.24. The van der Waals surface area contributed by atoms with E-state index in [1.54, 1.807) is 10.9 Å². The van der Waals surface area contributed by atoms with Crippen LogP contribution >= 0.6 is 0 Å². The molecule has 29 heavy (non-hydrogen) atoms. The smallest absolute Gasteiger partial charge is 0.303 e. The number of rotatable bonds is 10. The van der Waals surface area contributed by atoms with E-state index in [2.05, 4.69) is 22.2 Å². The van der Waals surface area contributed by atoms with E-state index in [-0.39, 0.29) is 18.7 Å². The van der Waals surface area contributed by atoms with Gasteiger partial charge in [0.1, 0.15) is 5.75 Å². The van der Waals surface area contributed by atoms with E-state index in [0.29, 0.717) is 18.3 Å². The van der Waals surface area contributed by atoms with Crippen molar-refractivity contribution < 1.29 is 19.4 Å². The van der Waals surface area contributed by atoms with Crippen LogP contribution in [0.1, 0.15) is 39.0 Å². The zero-order valence-corrected chi connectivity index (χ0v) is 16.7. The van der Waals surface area contributed by atoms with Crippen molar-refractivity contribution in [3.63, 3.8) is 0 Å². The Morgan fingerprint density at radius 1 is 1.28 bits per heavy atom. The Labute approximate surface area is 170 Å². The van der Waals surface area contributed by atoms with Crippen LogP contribution in [-0.2, 0) is 9.59 Å². The van der Waals surface area contributed by atoms with E-state index in [9.17, 15) is 9.59 Å². The third kappa shape index (κ3) is 6.32. The molecule has 8 heteroatoms. The number of aliphatic carboxylic acids is 1. The molecule has 1 aliphatic rings. The van der Waals surface area contributed by atoms with Gasteiger partial charge in [0.2, 0.25) is 5.91 Å². The number of nitrogens with one attached hydrogen (secondary N) is 1. The Balaban J connectivity index is 1.44. The van der Waals surface area contributed by atoms with E-state index >= 15 is 0 Å². The second-order valence-electron chi connectivity index (χ2n) is 7.34. The number of likely N-dealkylation sites (tertiary alicyclic amines) is 1. The molecule has 0 spiro atoms. The summed E-state index contributed by atoms with van der Waals surface area (Å²) in [6.07, 6.45) is 6.56. The Hall–Kier alpha value is -2.87. The maximum atomic E-state index is 11.7. The quantitative estimate of drug-likeness (QED) is 0.595. The van der Waals surface area contributed by atoms with Crippen LogP contribution in [0.2, 0.25) is 0 Å². The van der Waals surface area contributed by atoms with Crippen LogP contribution in [0, 0.1) is 0 Å². The minimum Gasteiger partial charge on any atom is -0.494 e. The predicted molar refractivity (Wildman–Crippen MR) is 109 cm³/mol. The highest BCUT2D eigenvalue weighted by molar-refractivity contribution is 5.92. The van der Waals surface area contributed by atoms with Crippen molar-refractivity contribution >= 4 is 17.6 Å². The van der Waals surface area contributed by atoms with Crippen molar-refractivity contribution in [2.75, 3.05) is 25.0 Å². The molecule has 1 amide bonds. The molecule has 0 radical (unpaired) electrons. The number of benzene rings is 1. The lowest BCUT2D eigenvalue weighted by Crippen LogP contribution is -2.28. The number of hydrogen-bond acceptors (Lipinski definition) is 5. The molecule has 0 saturated carbocycles. The molecule has 1 aromatic heterocycles. The molecule has 1 unspecified atom stereocenters. The fraction of sp³-hybridized carbons (Fsp3) is 0.476. The van der Waals surface area contributed by atoms with Crippen molar-refractivity contribution in [2.24, 2.45) is 0 Å². The highest BCUT2D eigenvalue weighted by Crippen LogP contribution is 2.18. The minimum atomic E-state index is -0.997. The number of nitrogens with zero attached hydrogens (tertiary/aromatic N) is 3. The zero-order valence-electron chi connectivity index (χ0n) is 16.7. The van der Waals surface area contributed by atoms with Crippen LogP contribution in [0.3, 0.4) is 0 Å². The highest BCUT2D eigenvalue weighted by Gasteiger charge is 2.19. The first-order chi connectivity index (χ1) is 14.0. The number of ether oxygens (including phenoxy) is 1. The van der Waals surface area contributed by atoms with Crippen LogP contribution in [-0.4, -0.2) is 57.4 Å². The maximum absolute atomic E-state index is 11.7. The molecule has 0 bridgehead atoms. The number of amides is 1. The largest absolute Gasteiger partial charge is 0.494 e. The van der Waals surface area contributed by atoms with Gasteiger partial charge in [-0.3, -0.25) is 9.59 Å². The van der Waals surface area contributed by atoms with Gasteiger partial charge in [-0.15, -0.1) is 0 Å². The van der Waals surface area contributed by atoms with Gasteiger partial charge in [0.25, 0.3) is 0 Å². The Bertz CT molecular complexity index is 818. The first kappa shape index (κ1) is 20.9. The van der Waals surface area contributed by atoms with E-state index in [4.69, 9.17) is 9.84 Å². The molecule has 3 rings (SSSR count). The number of aromatic nitrogens is 2. The van der Waals surface area contributed by atoms with Crippen molar-refractivity contribution in [1.82, 2.24) is 14.7 Å². The molecule has 1 atom stereocenters. The van der Waals surface area contributed by atoms with E-state index < -0.39 is 5.97 Å². The first-order valence-corrected chi connectivity index (χ1v) is 10.0. The summed E-state index contributed by atoms with van der Waals surface area (Å²) in [7, 11) is 0. The summed E-state index contributed by atoms with van der Waals surface area (Å²) < 4.78 is 7.48. The van der Waals surface area contributed by atoms with E-state index in [1.807, 2.05) is 24.3 Å². The molecule has 0 aliphatic carbocycles. The molecule has 8 nitrogen and oxygen atoms in total. The predicted octanol–water partition coefficient (Wildman–Crippen LogP) is 2.93. The van der Waals surface area contributed by atoms with Crippen LogP contribution in [0.4, 0.5) is 5.69 Å². The third-order valence-electron chi connectivity index (χ3n) is 5.08. The number of carbonyl (C=O) groups excluding carboxylic acids is 1. The standard InChI is InChI=1S/C21H28N4O4/c1-16-4-2-11-24(16)12-3-13-29-19-7-5-18(6-8-19)25-15-17(14-22-25)23-20(26)9-10-21(27)28/h5-8,14-16H,2-4,9-13H2,1H3,(H,23,26)(H,27,28). The summed E-state index contributed by atoms with van der Waals surface area (Å²) in [5.41, 5.74) is 1.37. The van der Waals surface area contributed by atoms with Gasteiger partial charge in [-0.2, -0.15) is 5.10 Å². The zero-order chi connectivity index (χ0) is 20.6. The van der Waals surface area contributed by atoms with E-state index in [0.717, 1.165) is 24.4 Å². The highest BCUT2D eigenvalue weighted by atomic mass is 16.5. The Morgan fingerprint density at radius 3 is 2.76 bits per heavy atom. The third-order valence-corrected chi connectivity index (χ3v) is 5.08. The first-order valence-electron chi connectivity index (χ1n) is 10.0. The molecule has 1 saturated heterocycles. The number of hydrogen-bond donors (Lipinski definition) is 2. The minimum absolute atomic E-state index is 0.0662. The molecule has 2 N–H and O–H groups in total. The number of anilines is 1. The van der Waals surface area contributed by atoms with Crippen molar-refractivity contribution in [1.29, 1.82) is 0 Å². The van der Waals surface area contributed by atoms with Crippen molar-refractivity contribution in [3.05, 3.63) is 36.7 Å². The molecule has 156 valence electrons. The lowest BCUT2D eigenvalue weighted by Gasteiger charge is -2.20. The number of carboxylic acids is 1. The van der Waals surface area contributed by atoms with Gasteiger partial charge in [0.05, 0.1) is 36.8 Å². The van der Waals surface area contributed by atoms with Crippen LogP contribution in [0.15, 0.2) is 36.7 Å². The van der Waals surface area contributed by atoms with Crippen molar-refractivity contribution in [3.8, 4) is 11.4 Å². The van der Waals surface area contributed by atoms with Gasteiger partial charge in [0.15, 0.2) is 0 Å². The summed E-state index contributed by atoms with van der Waals surface area (Å²) in [6.45, 7) is 5.25. The average molecular weight is 400 g/mol. The second-order valence-corrected chi connectivity index (χ2v) is 7.34. The summed E-state index contributed by atoms with van der Waals surface area (Å²) in [6, 6.07) is 8.30. The summed E-state index contributed by atoms with van der Waals surface area (Å²) in [4.78, 5) is 24.7. The van der Waals surface area contributed by atoms with Gasteiger partial charge in [0, 0.05) is 19.0 Å². The molecule has 2 aromatic rings. The van der Waals surface area contributed by atoms with Gasteiger partial charge in [-0.05, 0) is 57.0 Å². The Morgan fingerprint density at radius 2 is 2.07 bits per heavy atom. The van der Waals surface area contributed by atoms with Gasteiger partial charge < -0.3 is 20.1 Å². The van der Waals surface area contributed by atoms with Crippen LogP contribution < -0.4 is 10.1 Å². The van der Waals surface area contributed by atoms with E-state index in [1.165, 1.54) is 25.6 Å². The number of carboxylic acid groups (broad SMARTS) is 1. The second kappa shape index (κ2) is 10.1. The van der Waals surface area contributed by atoms with Gasteiger partial charge >= 0.3 is 5.97 Å². The van der Waals surface area contributed by atoms with Crippen LogP contribution in [0.25, 0.3) is 5.69 Å². The van der Waals surface area contributed by atoms with Crippen molar-refractivity contribution in [2.45, 2.75) is 45.1 Å². The molecular formula is C21H28N4O4. The van der Waals surface area contributed by atoms with Gasteiger partial charge in [-0.25, -0.2) is 4.68 Å². The van der Waals surface area contributed by atoms with Crippen LogP contribution in [0.5, 0.6) is 5.75 Å². The lowest BCUT2D eigenvalue weighted by atomic mass is 10.2. The van der Waals surface area contributed by atoms with Gasteiger partial charge in [-0.1, -0.05) is 0 Å². The molecule has 1 aromatic carbocycles. The SMILES string of the molecule is CC1CCCN1CCCOc1ccc(-n2cc(NC(=O)CCC(=O)O)cn2)cc1. The topological polar surface area (TPSA) is 96.7 Å². The summed E-state index contributed by atoms with van der Waals surface area (Å²) in [5.74, 6) is -0.527. The molecule has 1 aliphatic heterocycles. The molecule has 1 fully saturated rings. The lowest BCUT2D eigenvalue weighted by molar-refractivity contribution is -0.138. The fourth-order valence-electron chi connectivity index (χ4n) is 3.45. The average Bonchev–Trinajstić information content (AvgIpc) is 3.33. The summed E-state index contributed by atoms with van der Waals surface area (Å²) in [5, 5.41) is 15.5. The normalized spacial score (nSPS) is 16.7. The number of carbonyl (C=O) groups is 2. The summed E-state index contributed by atoms with van der Waals surface area (Å²) >= 11 is 0. The monoisotopic (exact) mass is 400 g/mol. The molecular weight excluding hydrogens is 372 g/mol. The maximum Gasteiger partial charge on any atom is 0.303 e.